The standard InChI is InChI=1S/C22H24N2O3S/c1-16-3-8-21(15-17(16)2)27-20-9-4-18(5-10-20)13-14-24-28(25,26)22-11-6-19(23)7-12-22/h3-12,15,24H,13-14,23H2,1-2H3. The van der Waals surface area contributed by atoms with Gasteiger partial charge in [-0.3, -0.25) is 0 Å². The van der Waals surface area contributed by atoms with E-state index in [-0.39, 0.29) is 4.90 Å². The normalized spacial score (nSPS) is 11.4. The van der Waals surface area contributed by atoms with Crippen LogP contribution in [0.25, 0.3) is 0 Å². The van der Waals surface area contributed by atoms with E-state index in [2.05, 4.69) is 18.6 Å². The van der Waals surface area contributed by atoms with E-state index in [0.29, 0.717) is 18.7 Å². The van der Waals surface area contributed by atoms with Crippen LogP contribution in [-0.4, -0.2) is 15.0 Å². The van der Waals surface area contributed by atoms with Gasteiger partial charge in [-0.15, -0.1) is 0 Å². The molecule has 3 aromatic carbocycles. The lowest BCUT2D eigenvalue weighted by Gasteiger charge is -2.09. The summed E-state index contributed by atoms with van der Waals surface area (Å²) in [5.41, 5.74) is 9.55. The summed E-state index contributed by atoms with van der Waals surface area (Å²) in [6.45, 7) is 4.43. The van der Waals surface area contributed by atoms with E-state index in [0.717, 1.165) is 17.1 Å². The van der Waals surface area contributed by atoms with E-state index < -0.39 is 10.0 Å². The smallest absolute Gasteiger partial charge is 0.240 e. The number of hydrogen-bond donors (Lipinski definition) is 2. The van der Waals surface area contributed by atoms with E-state index in [1.165, 1.54) is 23.3 Å². The number of aryl methyl sites for hydroxylation is 2. The van der Waals surface area contributed by atoms with Crippen LogP contribution >= 0.6 is 0 Å². The first-order valence-corrected chi connectivity index (χ1v) is 10.5. The van der Waals surface area contributed by atoms with Gasteiger partial charge in [-0.25, -0.2) is 13.1 Å². The zero-order valence-electron chi connectivity index (χ0n) is 16.0. The summed E-state index contributed by atoms with van der Waals surface area (Å²) in [4.78, 5) is 0.207. The second-order valence-electron chi connectivity index (χ2n) is 6.71. The summed E-state index contributed by atoms with van der Waals surface area (Å²) < 4.78 is 33.0. The molecule has 0 aliphatic heterocycles. The number of benzene rings is 3. The van der Waals surface area contributed by atoms with Gasteiger partial charge in [-0.2, -0.15) is 0 Å². The molecule has 6 heteroatoms. The molecule has 0 heterocycles. The summed E-state index contributed by atoms with van der Waals surface area (Å²) in [6.07, 6.45) is 0.581. The van der Waals surface area contributed by atoms with Gasteiger partial charge in [0.1, 0.15) is 11.5 Å². The van der Waals surface area contributed by atoms with Crippen LogP contribution in [0.3, 0.4) is 0 Å². The van der Waals surface area contributed by atoms with Crippen molar-refractivity contribution in [3.8, 4) is 11.5 Å². The summed E-state index contributed by atoms with van der Waals surface area (Å²) in [7, 11) is -3.53. The van der Waals surface area contributed by atoms with Crippen LogP contribution in [-0.2, 0) is 16.4 Å². The minimum Gasteiger partial charge on any atom is -0.457 e. The van der Waals surface area contributed by atoms with E-state index in [4.69, 9.17) is 10.5 Å². The van der Waals surface area contributed by atoms with Crippen molar-refractivity contribution in [2.45, 2.75) is 25.2 Å². The van der Waals surface area contributed by atoms with Gasteiger partial charge in [-0.1, -0.05) is 18.2 Å². The van der Waals surface area contributed by atoms with Gasteiger partial charge in [0.25, 0.3) is 0 Å². The molecule has 0 atom stereocenters. The topological polar surface area (TPSA) is 81.4 Å². The van der Waals surface area contributed by atoms with Gasteiger partial charge in [0, 0.05) is 12.2 Å². The number of ether oxygens (including phenoxy) is 1. The molecule has 0 aromatic heterocycles. The first-order valence-electron chi connectivity index (χ1n) is 9.03. The molecule has 0 saturated heterocycles. The fraction of sp³-hybridized carbons (Fsp3) is 0.182. The average Bonchev–Trinajstić information content (AvgIpc) is 2.66. The van der Waals surface area contributed by atoms with Gasteiger partial charge in [-0.05, 0) is 85.5 Å². The van der Waals surface area contributed by atoms with Crippen LogP contribution < -0.4 is 15.2 Å². The van der Waals surface area contributed by atoms with Gasteiger partial charge in [0.15, 0.2) is 0 Å². The lowest BCUT2D eigenvalue weighted by molar-refractivity contribution is 0.482. The summed E-state index contributed by atoms with van der Waals surface area (Å²) >= 11 is 0. The van der Waals surface area contributed by atoms with Crippen LogP contribution in [0.1, 0.15) is 16.7 Å². The van der Waals surface area contributed by atoms with Crippen LogP contribution in [0.15, 0.2) is 71.6 Å². The highest BCUT2D eigenvalue weighted by Gasteiger charge is 2.12. The Morgan fingerprint density at radius 1 is 0.857 bits per heavy atom. The molecule has 0 spiro atoms. The third-order valence-corrected chi connectivity index (χ3v) is 6.01. The highest BCUT2D eigenvalue weighted by molar-refractivity contribution is 7.89. The number of nitrogens with one attached hydrogen (secondary N) is 1. The Morgan fingerprint density at radius 3 is 2.14 bits per heavy atom. The number of anilines is 1. The molecule has 146 valence electrons. The average molecular weight is 397 g/mol. The minimum absolute atomic E-state index is 0.207. The Labute approximate surface area is 166 Å². The zero-order chi connectivity index (χ0) is 20.1. The molecular weight excluding hydrogens is 372 g/mol. The second-order valence-corrected chi connectivity index (χ2v) is 8.48. The molecule has 3 aromatic rings. The molecule has 3 rings (SSSR count). The lowest BCUT2D eigenvalue weighted by Crippen LogP contribution is -2.25. The highest BCUT2D eigenvalue weighted by atomic mass is 32.2. The van der Waals surface area contributed by atoms with Crippen LogP contribution in [0.4, 0.5) is 5.69 Å². The number of nitrogen functional groups attached to an aromatic ring is 1. The van der Waals surface area contributed by atoms with Crippen LogP contribution in [0, 0.1) is 13.8 Å². The van der Waals surface area contributed by atoms with Crippen LogP contribution in [0.2, 0.25) is 0 Å². The fourth-order valence-corrected chi connectivity index (χ4v) is 3.73. The first-order chi connectivity index (χ1) is 13.3. The zero-order valence-corrected chi connectivity index (χ0v) is 16.8. The summed E-state index contributed by atoms with van der Waals surface area (Å²) in [5, 5.41) is 0. The molecule has 3 N–H and O–H groups in total. The maximum atomic E-state index is 12.3. The van der Waals surface area contributed by atoms with Crippen molar-refractivity contribution >= 4 is 15.7 Å². The van der Waals surface area contributed by atoms with Crippen molar-refractivity contribution < 1.29 is 13.2 Å². The molecule has 0 amide bonds. The molecule has 0 fully saturated rings. The Hall–Kier alpha value is -2.83. The predicted octanol–water partition coefficient (Wildman–Crippen LogP) is 4.20. The van der Waals surface area contributed by atoms with Crippen molar-refractivity contribution in [2.75, 3.05) is 12.3 Å². The molecule has 0 saturated carbocycles. The highest BCUT2D eigenvalue weighted by Crippen LogP contribution is 2.24. The van der Waals surface area contributed by atoms with Gasteiger partial charge >= 0.3 is 0 Å². The monoisotopic (exact) mass is 396 g/mol. The van der Waals surface area contributed by atoms with E-state index >= 15 is 0 Å². The first kappa shape index (κ1) is 19.9. The molecule has 0 bridgehead atoms. The van der Waals surface area contributed by atoms with E-state index in [1.54, 1.807) is 12.1 Å². The molecule has 0 radical (unpaired) electrons. The van der Waals surface area contributed by atoms with Crippen molar-refractivity contribution in [3.63, 3.8) is 0 Å². The van der Waals surface area contributed by atoms with Crippen molar-refractivity contribution in [2.24, 2.45) is 0 Å². The number of rotatable bonds is 7. The Morgan fingerprint density at radius 2 is 1.50 bits per heavy atom. The third-order valence-electron chi connectivity index (χ3n) is 4.53. The second kappa shape index (κ2) is 8.46. The number of nitrogens with two attached hydrogens (primary N) is 1. The third kappa shape index (κ3) is 5.12. The molecule has 0 aliphatic rings. The number of hydrogen-bond acceptors (Lipinski definition) is 4. The van der Waals surface area contributed by atoms with Crippen molar-refractivity contribution in [3.05, 3.63) is 83.4 Å². The summed E-state index contributed by atoms with van der Waals surface area (Å²) in [6, 6.07) is 19.8. The molecule has 5 nitrogen and oxygen atoms in total. The van der Waals surface area contributed by atoms with Gasteiger partial charge in [0.05, 0.1) is 4.90 Å². The van der Waals surface area contributed by atoms with Gasteiger partial charge < -0.3 is 10.5 Å². The minimum atomic E-state index is -3.53. The number of sulfonamides is 1. The molecule has 0 aliphatic carbocycles. The largest absolute Gasteiger partial charge is 0.457 e. The van der Waals surface area contributed by atoms with E-state index in [1.807, 2.05) is 42.5 Å². The predicted molar refractivity (Wildman–Crippen MR) is 112 cm³/mol. The van der Waals surface area contributed by atoms with E-state index in [9.17, 15) is 8.42 Å². The van der Waals surface area contributed by atoms with Gasteiger partial charge in [0.2, 0.25) is 10.0 Å². The summed E-state index contributed by atoms with van der Waals surface area (Å²) in [5.74, 6) is 1.54. The fourth-order valence-electron chi connectivity index (χ4n) is 2.70. The Bertz CT molecular complexity index is 1040. The Kier molecular flexibility index (Phi) is 6.02. The molecular formula is C22H24N2O3S. The van der Waals surface area contributed by atoms with Crippen LogP contribution in [0.5, 0.6) is 11.5 Å². The molecule has 0 unspecified atom stereocenters. The SMILES string of the molecule is Cc1ccc(Oc2ccc(CCNS(=O)(=O)c3ccc(N)cc3)cc2)cc1C. The maximum Gasteiger partial charge on any atom is 0.240 e. The quantitative estimate of drug-likeness (QED) is 0.587. The maximum absolute atomic E-state index is 12.3. The van der Waals surface area contributed by atoms with Crippen molar-refractivity contribution in [1.82, 2.24) is 4.72 Å². The Balaban J connectivity index is 1.55. The van der Waals surface area contributed by atoms with Crippen molar-refractivity contribution in [1.29, 1.82) is 0 Å². The lowest BCUT2D eigenvalue weighted by atomic mass is 10.1. The molecule has 28 heavy (non-hydrogen) atoms.